The van der Waals surface area contributed by atoms with Crippen molar-refractivity contribution in [2.75, 3.05) is 0 Å². The fourth-order valence-corrected chi connectivity index (χ4v) is 2.99. The lowest BCUT2D eigenvalue weighted by Gasteiger charge is -2.16. The maximum atomic E-state index is 6.10. The predicted molar refractivity (Wildman–Crippen MR) is 92.1 cm³/mol. The van der Waals surface area contributed by atoms with Crippen molar-refractivity contribution in [3.63, 3.8) is 0 Å². The molecule has 0 radical (unpaired) electrons. The largest absolute Gasteiger partial charge is 0.457 e. The second-order valence-electron chi connectivity index (χ2n) is 5.77. The molecule has 0 aliphatic carbocycles. The quantitative estimate of drug-likeness (QED) is 0.770. The summed E-state index contributed by atoms with van der Waals surface area (Å²) in [6, 6.07) is 12.3. The predicted octanol–water partition coefficient (Wildman–Crippen LogP) is 5.69. The first-order chi connectivity index (χ1) is 9.88. The summed E-state index contributed by atoms with van der Waals surface area (Å²) in [4.78, 5) is 0. The van der Waals surface area contributed by atoms with Crippen LogP contribution in [0.3, 0.4) is 0 Å². The highest BCUT2D eigenvalue weighted by molar-refractivity contribution is 9.10. The van der Waals surface area contributed by atoms with Crippen LogP contribution in [0.15, 0.2) is 40.9 Å². The van der Waals surface area contributed by atoms with Gasteiger partial charge in [0.05, 0.1) is 0 Å². The molecular weight excluding hydrogens is 326 g/mol. The number of hydrogen-bond acceptors (Lipinski definition) is 2. The number of rotatable bonds is 4. The highest BCUT2D eigenvalue weighted by Crippen LogP contribution is 2.34. The van der Waals surface area contributed by atoms with Crippen LogP contribution in [0.25, 0.3) is 0 Å². The van der Waals surface area contributed by atoms with Crippen molar-refractivity contribution >= 4 is 15.9 Å². The molecule has 2 rings (SSSR count). The summed E-state index contributed by atoms with van der Waals surface area (Å²) in [6.45, 7) is 8.39. The Bertz CT molecular complexity index is 635. The van der Waals surface area contributed by atoms with Gasteiger partial charge in [0.2, 0.25) is 0 Å². The third-order valence-corrected chi connectivity index (χ3v) is 4.17. The van der Waals surface area contributed by atoms with Crippen LogP contribution in [0.2, 0.25) is 0 Å². The van der Waals surface area contributed by atoms with Gasteiger partial charge in [-0.1, -0.05) is 48.0 Å². The lowest BCUT2D eigenvalue weighted by molar-refractivity contribution is 0.472. The van der Waals surface area contributed by atoms with Gasteiger partial charge in [-0.3, -0.25) is 0 Å². The first kappa shape index (κ1) is 16.1. The second-order valence-corrected chi connectivity index (χ2v) is 6.62. The van der Waals surface area contributed by atoms with Gasteiger partial charge >= 0.3 is 0 Å². The highest BCUT2D eigenvalue weighted by Gasteiger charge is 2.11. The lowest BCUT2D eigenvalue weighted by atomic mass is 10.0. The summed E-state index contributed by atoms with van der Waals surface area (Å²) < 4.78 is 7.08. The molecule has 3 heteroatoms. The van der Waals surface area contributed by atoms with E-state index in [2.05, 4.69) is 54.9 Å². The SMILES string of the molecule is Cc1ccc(C(C)C)c(Oc2ccc([C@@H](C)N)c(Br)c2)c1. The minimum absolute atomic E-state index is 0.00128. The van der Waals surface area contributed by atoms with Crippen LogP contribution >= 0.6 is 15.9 Å². The molecule has 2 nitrogen and oxygen atoms in total. The van der Waals surface area contributed by atoms with Crippen molar-refractivity contribution in [3.8, 4) is 11.5 Å². The summed E-state index contributed by atoms with van der Waals surface area (Å²) >= 11 is 3.56. The molecule has 0 fully saturated rings. The van der Waals surface area contributed by atoms with Crippen LogP contribution in [-0.4, -0.2) is 0 Å². The standard InChI is InChI=1S/C18H22BrNO/c1-11(2)15-7-5-12(3)9-18(15)21-14-6-8-16(13(4)20)17(19)10-14/h5-11,13H,20H2,1-4H3/t13-/m1/s1. The minimum Gasteiger partial charge on any atom is -0.457 e. The third kappa shape index (κ3) is 3.86. The average Bonchev–Trinajstić information content (AvgIpc) is 2.37. The topological polar surface area (TPSA) is 35.2 Å². The van der Waals surface area contributed by atoms with Gasteiger partial charge < -0.3 is 10.5 Å². The Labute approximate surface area is 135 Å². The van der Waals surface area contributed by atoms with Gasteiger partial charge in [-0.15, -0.1) is 0 Å². The molecule has 2 N–H and O–H groups in total. The first-order valence-corrected chi connectivity index (χ1v) is 8.01. The summed E-state index contributed by atoms with van der Waals surface area (Å²) in [6.07, 6.45) is 0. The number of ether oxygens (including phenoxy) is 1. The zero-order valence-corrected chi connectivity index (χ0v) is 14.6. The smallest absolute Gasteiger partial charge is 0.131 e. The van der Waals surface area contributed by atoms with E-state index in [0.29, 0.717) is 5.92 Å². The summed E-state index contributed by atoms with van der Waals surface area (Å²) in [7, 11) is 0. The van der Waals surface area contributed by atoms with E-state index >= 15 is 0 Å². The molecule has 2 aromatic carbocycles. The van der Waals surface area contributed by atoms with Crippen molar-refractivity contribution in [2.45, 2.75) is 39.7 Å². The molecule has 112 valence electrons. The molecule has 0 heterocycles. The van der Waals surface area contributed by atoms with E-state index in [1.807, 2.05) is 25.1 Å². The van der Waals surface area contributed by atoms with Crippen LogP contribution < -0.4 is 10.5 Å². The number of nitrogens with two attached hydrogens (primary N) is 1. The lowest BCUT2D eigenvalue weighted by Crippen LogP contribution is -2.05. The molecular formula is C18H22BrNO. The normalized spacial score (nSPS) is 12.5. The molecule has 1 atom stereocenters. The van der Waals surface area contributed by atoms with Gasteiger partial charge in [-0.2, -0.15) is 0 Å². The van der Waals surface area contributed by atoms with Crippen molar-refractivity contribution in [1.29, 1.82) is 0 Å². The van der Waals surface area contributed by atoms with E-state index in [-0.39, 0.29) is 6.04 Å². The van der Waals surface area contributed by atoms with Gasteiger partial charge in [0, 0.05) is 10.5 Å². The number of hydrogen-bond donors (Lipinski definition) is 1. The first-order valence-electron chi connectivity index (χ1n) is 7.22. The van der Waals surface area contributed by atoms with Gasteiger partial charge in [0.25, 0.3) is 0 Å². The van der Waals surface area contributed by atoms with Gasteiger partial charge in [-0.25, -0.2) is 0 Å². The average molecular weight is 348 g/mol. The maximum Gasteiger partial charge on any atom is 0.131 e. The molecule has 21 heavy (non-hydrogen) atoms. The van der Waals surface area contributed by atoms with Crippen LogP contribution in [0, 0.1) is 6.92 Å². The molecule has 0 aliphatic heterocycles. The van der Waals surface area contributed by atoms with Crippen molar-refractivity contribution in [2.24, 2.45) is 5.73 Å². The van der Waals surface area contributed by atoms with Gasteiger partial charge in [0.1, 0.15) is 11.5 Å². The Kier molecular flexibility index (Phi) is 5.07. The summed E-state index contributed by atoms with van der Waals surface area (Å²) in [5.41, 5.74) is 9.42. The van der Waals surface area contributed by atoms with E-state index in [1.54, 1.807) is 0 Å². The van der Waals surface area contributed by atoms with Crippen molar-refractivity contribution in [3.05, 3.63) is 57.6 Å². The molecule has 0 saturated heterocycles. The van der Waals surface area contributed by atoms with Crippen molar-refractivity contribution in [1.82, 2.24) is 0 Å². The van der Waals surface area contributed by atoms with Gasteiger partial charge in [0.15, 0.2) is 0 Å². The highest BCUT2D eigenvalue weighted by atomic mass is 79.9. The molecule has 2 aromatic rings. The zero-order chi connectivity index (χ0) is 15.6. The van der Waals surface area contributed by atoms with E-state index in [1.165, 1.54) is 11.1 Å². The molecule has 0 saturated carbocycles. The monoisotopic (exact) mass is 347 g/mol. The molecule has 0 aliphatic rings. The molecule has 0 unspecified atom stereocenters. The molecule has 0 spiro atoms. The fraction of sp³-hybridized carbons (Fsp3) is 0.333. The van der Waals surface area contributed by atoms with E-state index in [0.717, 1.165) is 21.5 Å². The fourth-order valence-electron chi connectivity index (χ4n) is 2.27. The number of halogens is 1. The number of aryl methyl sites for hydroxylation is 1. The second kappa shape index (κ2) is 6.63. The molecule has 0 bridgehead atoms. The zero-order valence-electron chi connectivity index (χ0n) is 13.0. The number of benzene rings is 2. The van der Waals surface area contributed by atoms with Crippen LogP contribution in [0.4, 0.5) is 0 Å². The molecule has 0 amide bonds. The van der Waals surface area contributed by atoms with Crippen LogP contribution in [0.5, 0.6) is 11.5 Å². The minimum atomic E-state index is -0.00128. The van der Waals surface area contributed by atoms with Gasteiger partial charge in [-0.05, 0) is 54.7 Å². The maximum absolute atomic E-state index is 6.10. The van der Waals surface area contributed by atoms with Crippen LogP contribution in [0.1, 0.15) is 49.4 Å². The summed E-state index contributed by atoms with van der Waals surface area (Å²) in [5.74, 6) is 2.16. The Hall–Kier alpha value is -1.32. The van der Waals surface area contributed by atoms with E-state index in [4.69, 9.17) is 10.5 Å². The Balaban J connectivity index is 2.34. The Morgan fingerprint density at radius 3 is 2.24 bits per heavy atom. The van der Waals surface area contributed by atoms with Crippen LogP contribution in [-0.2, 0) is 0 Å². The van der Waals surface area contributed by atoms with E-state index in [9.17, 15) is 0 Å². The Morgan fingerprint density at radius 2 is 1.67 bits per heavy atom. The third-order valence-electron chi connectivity index (χ3n) is 3.48. The van der Waals surface area contributed by atoms with E-state index < -0.39 is 0 Å². The Morgan fingerprint density at radius 1 is 1.00 bits per heavy atom. The van der Waals surface area contributed by atoms with Crippen molar-refractivity contribution < 1.29 is 4.74 Å². The molecule has 0 aromatic heterocycles. The summed E-state index contributed by atoms with van der Waals surface area (Å²) in [5, 5.41) is 0.